The zero-order valence-electron chi connectivity index (χ0n) is 13.7. The summed E-state index contributed by atoms with van der Waals surface area (Å²) in [7, 11) is -2.98. The van der Waals surface area contributed by atoms with Gasteiger partial charge in [-0.15, -0.1) is 0 Å². The van der Waals surface area contributed by atoms with E-state index in [4.69, 9.17) is 0 Å². The third-order valence-electron chi connectivity index (χ3n) is 4.19. The van der Waals surface area contributed by atoms with Crippen LogP contribution in [0.1, 0.15) is 31.7 Å². The lowest BCUT2D eigenvalue weighted by atomic mass is 10.1. The lowest BCUT2D eigenvalue weighted by Gasteiger charge is -2.33. The van der Waals surface area contributed by atoms with Crippen LogP contribution >= 0.6 is 0 Å². The second-order valence-corrected chi connectivity index (χ2v) is 8.41. The Morgan fingerprint density at radius 2 is 1.96 bits per heavy atom. The van der Waals surface area contributed by atoms with Crippen molar-refractivity contribution in [2.75, 3.05) is 24.6 Å². The van der Waals surface area contributed by atoms with Gasteiger partial charge in [0.2, 0.25) is 0 Å². The Morgan fingerprint density at radius 1 is 1.22 bits per heavy atom. The molecule has 128 valence electrons. The summed E-state index contributed by atoms with van der Waals surface area (Å²) in [4.78, 5) is 13.7. The highest BCUT2D eigenvalue weighted by atomic mass is 32.2. The lowest BCUT2D eigenvalue weighted by molar-refractivity contribution is 0.185. The maximum Gasteiger partial charge on any atom is 0.317 e. The number of urea groups is 1. The van der Waals surface area contributed by atoms with Crippen LogP contribution in [0.3, 0.4) is 0 Å². The number of amides is 2. The zero-order valence-corrected chi connectivity index (χ0v) is 14.5. The van der Waals surface area contributed by atoms with E-state index in [1.54, 1.807) is 11.8 Å². The van der Waals surface area contributed by atoms with Crippen LogP contribution in [0.25, 0.3) is 0 Å². The molecule has 1 saturated heterocycles. The predicted octanol–water partition coefficient (Wildman–Crippen LogP) is 2.23. The van der Waals surface area contributed by atoms with Crippen molar-refractivity contribution in [1.29, 1.82) is 0 Å². The van der Waals surface area contributed by atoms with Gasteiger partial charge in [-0.05, 0) is 31.7 Å². The fourth-order valence-electron chi connectivity index (χ4n) is 2.87. The van der Waals surface area contributed by atoms with Crippen LogP contribution in [0.4, 0.5) is 4.79 Å². The van der Waals surface area contributed by atoms with Crippen LogP contribution < -0.4 is 5.32 Å². The second-order valence-electron chi connectivity index (χ2n) is 6.18. The highest BCUT2D eigenvalue weighted by Gasteiger charge is 2.30. The van der Waals surface area contributed by atoms with Gasteiger partial charge >= 0.3 is 6.03 Å². The first-order chi connectivity index (χ1) is 11.0. The van der Waals surface area contributed by atoms with Crippen molar-refractivity contribution in [2.24, 2.45) is 0 Å². The minimum Gasteiger partial charge on any atom is -0.338 e. The standard InChI is InChI=1S/C17H26N2O3S/c1-15-14-23(21,22)13-12-19(15)17(20)18-11-7-3-6-10-16-8-4-2-5-9-16/h2,4-5,8-9,15H,3,6-7,10-14H2,1H3,(H,18,20). The summed E-state index contributed by atoms with van der Waals surface area (Å²) in [5.41, 5.74) is 1.35. The van der Waals surface area contributed by atoms with Gasteiger partial charge in [0, 0.05) is 19.1 Å². The van der Waals surface area contributed by atoms with E-state index in [1.165, 1.54) is 5.56 Å². The number of benzene rings is 1. The summed E-state index contributed by atoms with van der Waals surface area (Å²) in [5.74, 6) is 0.138. The third kappa shape index (κ3) is 5.86. The minimum absolute atomic E-state index is 0.0670. The van der Waals surface area contributed by atoms with Crippen LogP contribution in [0.15, 0.2) is 30.3 Å². The molecule has 5 nitrogen and oxygen atoms in total. The fraction of sp³-hybridized carbons (Fsp3) is 0.588. The molecule has 0 aromatic heterocycles. The molecule has 0 bridgehead atoms. The molecule has 0 spiro atoms. The van der Waals surface area contributed by atoms with Crippen LogP contribution in [-0.4, -0.2) is 50.0 Å². The maximum absolute atomic E-state index is 12.1. The molecule has 1 atom stereocenters. The Hall–Kier alpha value is -1.56. The number of carbonyl (C=O) groups is 1. The summed E-state index contributed by atoms with van der Waals surface area (Å²) < 4.78 is 23.0. The number of unbranched alkanes of at least 4 members (excludes halogenated alkanes) is 2. The van der Waals surface area contributed by atoms with E-state index in [0.29, 0.717) is 13.1 Å². The molecule has 1 aromatic rings. The SMILES string of the molecule is CC1CS(=O)(=O)CCN1C(=O)NCCCCCc1ccccc1. The van der Waals surface area contributed by atoms with Crippen molar-refractivity contribution >= 4 is 15.9 Å². The monoisotopic (exact) mass is 338 g/mol. The maximum atomic E-state index is 12.1. The number of hydrogen-bond acceptors (Lipinski definition) is 3. The van der Waals surface area contributed by atoms with E-state index in [-0.39, 0.29) is 23.6 Å². The van der Waals surface area contributed by atoms with E-state index < -0.39 is 9.84 Å². The average molecular weight is 338 g/mol. The first-order valence-corrected chi connectivity index (χ1v) is 10.1. The summed E-state index contributed by atoms with van der Waals surface area (Å²) in [6, 6.07) is 10.0. The normalized spacial score (nSPS) is 20.2. The van der Waals surface area contributed by atoms with E-state index in [9.17, 15) is 13.2 Å². The van der Waals surface area contributed by atoms with E-state index in [2.05, 4.69) is 29.6 Å². The Morgan fingerprint density at radius 3 is 2.65 bits per heavy atom. The molecule has 1 heterocycles. The van der Waals surface area contributed by atoms with Gasteiger partial charge in [-0.3, -0.25) is 0 Å². The Kier molecular flexibility index (Phi) is 6.45. The molecule has 0 radical (unpaired) electrons. The molecule has 6 heteroatoms. The molecule has 23 heavy (non-hydrogen) atoms. The Labute approximate surface area is 139 Å². The highest BCUT2D eigenvalue weighted by Crippen LogP contribution is 2.11. The quantitative estimate of drug-likeness (QED) is 0.809. The molecule has 0 aliphatic carbocycles. The van der Waals surface area contributed by atoms with E-state index in [1.807, 2.05) is 6.07 Å². The van der Waals surface area contributed by atoms with Gasteiger partial charge in [0.25, 0.3) is 0 Å². The van der Waals surface area contributed by atoms with Gasteiger partial charge in [-0.2, -0.15) is 0 Å². The molecule has 1 aliphatic rings. The molecular weight excluding hydrogens is 312 g/mol. The van der Waals surface area contributed by atoms with Gasteiger partial charge in [-0.1, -0.05) is 36.8 Å². The molecule has 1 N–H and O–H groups in total. The first kappa shape index (κ1) is 17.8. The molecule has 1 aliphatic heterocycles. The Bertz CT molecular complexity index is 602. The van der Waals surface area contributed by atoms with Crippen LogP contribution in [-0.2, 0) is 16.3 Å². The number of rotatable bonds is 6. The number of sulfone groups is 1. The molecular formula is C17H26N2O3S. The van der Waals surface area contributed by atoms with Gasteiger partial charge in [0.1, 0.15) is 0 Å². The predicted molar refractivity (Wildman–Crippen MR) is 92.2 cm³/mol. The van der Waals surface area contributed by atoms with Crippen LogP contribution in [0, 0.1) is 0 Å². The highest BCUT2D eigenvalue weighted by molar-refractivity contribution is 7.91. The lowest BCUT2D eigenvalue weighted by Crippen LogP contribution is -2.53. The summed E-state index contributed by atoms with van der Waals surface area (Å²) in [5, 5.41) is 2.90. The summed E-state index contributed by atoms with van der Waals surface area (Å²) in [6.07, 6.45) is 4.19. The number of nitrogens with one attached hydrogen (secondary N) is 1. The number of hydrogen-bond donors (Lipinski definition) is 1. The van der Waals surface area contributed by atoms with Crippen LogP contribution in [0.5, 0.6) is 0 Å². The minimum atomic E-state index is -2.98. The summed E-state index contributed by atoms with van der Waals surface area (Å²) >= 11 is 0. The van der Waals surface area contributed by atoms with Crippen molar-refractivity contribution in [3.8, 4) is 0 Å². The summed E-state index contributed by atoms with van der Waals surface area (Å²) in [6.45, 7) is 2.73. The fourth-order valence-corrected chi connectivity index (χ4v) is 4.43. The van der Waals surface area contributed by atoms with Crippen LogP contribution in [0.2, 0.25) is 0 Å². The first-order valence-electron chi connectivity index (χ1n) is 8.27. The molecule has 0 saturated carbocycles. The van der Waals surface area contributed by atoms with Gasteiger partial charge in [-0.25, -0.2) is 13.2 Å². The number of carbonyl (C=O) groups excluding carboxylic acids is 1. The molecule has 1 unspecified atom stereocenters. The molecule has 2 rings (SSSR count). The molecule has 1 fully saturated rings. The molecule has 2 amide bonds. The Balaban J connectivity index is 1.60. The van der Waals surface area contributed by atoms with Gasteiger partial charge in [0.05, 0.1) is 11.5 Å². The largest absolute Gasteiger partial charge is 0.338 e. The zero-order chi connectivity index (χ0) is 16.7. The van der Waals surface area contributed by atoms with Gasteiger partial charge < -0.3 is 10.2 Å². The van der Waals surface area contributed by atoms with Crippen molar-refractivity contribution in [3.05, 3.63) is 35.9 Å². The van der Waals surface area contributed by atoms with Gasteiger partial charge in [0.15, 0.2) is 9.84 Å². The van der Waals surface area contributed by atoms with Crippen molar-refractivity contribution in [2.45, 2.75) is 38.6 Å². The average Bonchev–Trinajstić information content (AvgIpc) is 2.50. The number of aryl methyl sites for hydroxylation is 1. The topological polar surface area (TPSA) is 66.5 Å². The van der Waals surface area contributed by atoms with E-state index >= 15 is 0 Å². The second kappa shape index (κ2) is 8.34. The smallest absolute Gasteiger partial charge is 0.317 e. The van der Waals surface area contributed by atoms with E-state index in [0.717, 1.165) is 25.7 Å². The van der Waals surface area contributed by atoms with Crippen molar-refractivity contribution < 1.29 is 13.2 Å². The van der Waals surface area contributed by atoms with Crippen molar-refractivity contribution in [3.63, 3.8) is 0 Å². The van der Waals surface area contributed by atoms with Crippen molar-refractivity contribution in [1.82, 2.24) is 10.2 Å². The molecule has 1 aromatic carbocycles. The number of nitrogens with zero attached hydrogens (tertiary/aromatic N) is 1. The third-order valence-corrected chi connectivity index (χ3v) is 5.99.